The molecule has 1 aromatic heterocycles. The first-order valence-electron chi connectivity index (χ1n) is 7.67. The maximum absolute atomic E-state index is 12.9. The second-order valence-electron chi connectivity index (χ2n) is 6.24. The number of fused-ring (bicyclic) bond motifs is 1. The van der Waals surface area contributed by atoms with Crippen LogP contribution in [-0.4, -0.2) is 58.3 Å². The third-order valence-corrected chi connectivity index (χ3v) is 4.68. The summed E-state index contributed by atoms with van der Waals surface area (Å²) in [5, 5.41) is 2.72. The van der Waals surface area contributed by atoms with Crippen molar-refractivity contribution >= 4 is 28.9 Å². The normalized spacial score (nSPS) is 23.6. The van der Waals surface area contributed by atoms with E-state index in [1.165, 1.54) is 7.05 Å². The Hall–Kier alpha value is -2.90. The monoisotopic (exact) mass is 328 g/mol. The molecule has 8 heteroatoms. The van der Waals surface area contributed by atoms with Gasteiger partial charge in [0.15, 0.2) is 11.5 Å². The van der Waals surface area contributed by atoms with Crippen LogP contribution in [0.25, 0.3) is 11.1 Å². The Bertz CT molecular complexity index is 889. The van der Waals surface area contributed by atoms with Gasteiger partial charge >= 0.3 is 6.03 Å². The second-order valence-corrected chi connectivity index (χ2v) is 6.24. The topological polar surface area (TPSA) is 95.8 Å². The maximum Gasteiger partial charge on any atom is 0.324 e. The molecule has 1 atom stereocenters. The quantitative estimate of drug-likeness (QED) is 0.785. The number of hydrogen-bond donors (Lipinski definition) is 1. The number of rotatable bonds is 1. The van der Waals surface area contributed by atoms with Crippen molar-refractivity contribution in [3.05, 3.63) is 29.7 Å². The first-order valence-corrected chi connectivity index (χ1v) is 7.67. The third-order valence-electron chi connectivity index (χ3n) is 4.68. The van der Waals surface area contributed by atoms with Crippen LogP contribution in [0.4, 0.5) is 4.79 Å². The molecule has 4 amide bonds. The van der Waals surface area contributed by atoms with E-state index in [0.29, 0.717) is 35.5 Å². The summed E-state index contributed by atoms with van der Waals surface area (Å²) in [6.07, 6.45) is 0.404. The molecule has 0 radical (unpaired) electrons. The molecule has 24 heavy (non-hydrogen) atoms. The van der Waals surface area contributed by atoms with Crippen LogP contribution >= 0.6 is 0 Å². The van der Waals surface area contributed by atoms with Crippen molar-refractivity contribution in [3.63, 3.8) is 0 Å². The van der Waals surface area contributed by atoms with Crippen LogP contribution in [0.5, 0.6) is 0 Å². The number of nitrogens with zero attached hydrogens (tertiary/aromatic N) is 3. The van der Waals surface area contributed by atoms with E-state index in [1.54, 1.807) is 30.0 Å². The average Bonchev–Trinajstić information content (AvgIpc) is 3.20. The van der Waals surface area contributed by atoms with Crippen LogP contribution in [0.2, 0.25) is 0 Å². The lowest BCUT2D eigenvalue weighted by Gasteiger charge is -2.21. The van der Waals surface area contributed by atoms with E-state index >= 15 is 0 Å². The minimum Gasteiger partial charge on any atom is -0.441 e. The van der Waals surface area contributed by atoms with E-state index in [-0.39, 0.29) is 18.4 Å². The van der Waals surface area contributed by atoms with Gasteiger partial charge in [-0.05, 0) is 18.6 Å². The van der Waals surface area contributed by atoms with Gasteiger partial charge < -0.3 is 14.6 Å². The largest absolute Gasteiger partial charge is 0.441 e. The van der Waals surface area contributed by atoms with E-state index in [1.807, 2.05) is 0 Å². The Balaban J connectivity index is 1.64. The number of aromatic nitrogens is 1. The van der Waals surface area contributed by atoms with Crippen LogP contribution in [0.15, 0.2) is 22.6 Å². The number of amides is 4. The van der Waals surface area contributed by atoms with Crippen molar-refractivity contribution in [1.29, 1.82) is 0 Å². The zero-order valence-corrected chi connectivity index (χ0v) is 13.3. The van der Waals surface area contributed by atoms with Gasteiger partial charge in [-0.15, -0.1) is 0 Å². The molecule has 1 aromatic carbocycles. The molecule has 2 aliphatic rings. The Labute approximate surface area is 137 Å². The van der Waals surface area contributed by atoms with Crippen molar-refractivity contribution in [1.82, 2.24) is 20.1 Å². The fourth-order valence-electron chi connectivity index (χ4n) is 3.42. The summed E-state index contributed by atoms with van der Waals surface area (Å²) in [5.74, 6) is -0.0244. The van der Waals surface area contributed by atoms with Crippen molar-refractivity contribution in [3.8, 4) is 0 Å². The molecule has 2 saturated heterocycles. The zero-order valence-electron chi connectivity index (χ0n) is 13.3. The van der Waals surface area contributed by atoms with Gasteiger partial charge in [0.2, 0.25) is 0 Å². The number of urea groups is 1. The Kier molecular flexibility index (Phi) is 2.93. The molecule has 0 unspecified atom stereocenters. The molecule has 3 heterocycles. The molecule has 1 spiro atoms. The number of nitrogens with one attached hydrogen (secondary N) is 1. The summed E-state index contributed by atoms with van der Waals surface area (Å²) >= 11 is 0. The number of carbonyl (C=O) groups excluding carboxylic acids is 3. The lowest BCUT2D eigenvalue weighted by Crippen LogP contribution is -2.49. The second kappa shape index (κ2) is 4.80. The molecule has 0 saturated carbocycles. The maximum atomic E-state index is 12.9. The Morgan fingerprint density at radius 3 is 2.88 bits per heavy atom. The van der Waals surface area contributed by atoms with E-state index in [9.17, 15) is 14.4 Å². The number of imide groups is 1. The Morgan fingerprint density at radius 1 is 1.38 bits per heavy atom. The predicted molar refractivity (Wildman–Crippen MR) is 83.3 cm³/mol. The summed E-state index contributed by atoms with van der Waals surface area (Å²) < 4.78 is 5.46. The molecular formula is C16H16N4O4. The minimum absolute atomic E-state index is 0.161. The minimum atomic E-state index is -1.00. The molecule has 2 aromatic rings. The number of oxazole rings is 1. The summed E-state index contributed by atoms with van der Waals surface area (Å²) in [4.78, 5) is 43.9. The number of benzene rings is 1. The highest BCUT2D eigenvalue weighted by Crippen LogP contribution is 2.30. The molecule has 4 rings (SSSR count). The Morgan fingerprint density at radius 2 is 2.17 bits per heavy atom. The average molecular weight is 328 g/mol. The first kappa shape index (κ1) is 14.7. The predicted octanol–water partition coefficient (Wildman–Crippen LogP) is 0.903. The van der Waals surface area contributed by atoms with E-state index in [0.717, 1.165) is 4.90 Å². The number of hydrogen-bond acceptors (Lipinski definition) is 5. The van der Waals surface area contributed by atoms with Gasteiger partial charge in [-0.3, -0.25) is 14.5 Å². The highest BCUT2D eigenvalue weighted by atomic mass is 16.3. The molecule has 1 N–H and O–H groups in total. The van der Waals surface area contributed by atoms with Crippen LogP contribution in [0.3, 0.4) is 0 Å². The first-order chi connectivity index (χ1) is 11.4. The van der Waals surface area contributed by atoms with Crippen molar-refractivity contribution in [2.45, 2.75) is 18.9 Å². The SMILES string of the molecule is Cc1nc2c(C(=O)N3CC[C@@]4(C3)NC(=O)N(C)C4=O)cccc2o1. The van der Waals surface area contributed by atoms with Gasteiger partial charge in [0.05, 0.1) is 12.1 Å². The molecule has 124 valence electrons. The summed E-state index contributed by atoms with van der Waals surface area (Å²) in [5.41, 5.74) is 0.499. The van der Waals surface area contributed by atoms with Gasteiger partial charge in [0.25, 0.3) is 11.8 Å². The molecule has 2 aliphatic heterocycles. The van der Waals surface area contributed by atoms with E-state index < -0.39 is 11.6 Å². The third kappa shape index (κ3) is 1.92. The van der Waals surface area contributed by atoms with Gasteiger partial charge in [0.1, 0.15) is 11.1 Å². The summed E-state index contributed by atoms with van der Waals surface area (Å²) in [6, 6.07) is 4.76. The molecule has 2 fully saturated rings. The van der Waals surface area contributed by atoms with Gasteiger partial charge in [-0.25, -0.2) is 9.78 Å². The van der Waals surface area contributed by atoms with Gasteiger partial charge in [0, 0.05) is 20.5 Å². The number of carbonyl (C=O) groups is 3. The highest BCUT2D eigenvalue weighted by Gasteiger charge is 2.54. The summed E-state index contributed by atoms with van der Waals surface area (Å²) in [6.45, 7) is 2.28. The fourth-order valence-corrected chi connectivity index (χ4v) is 3.42. The number of aryl methyl sites for hydroxylation is 1. The van der Waals surface area contributed by atoms with Crippen LogP contribution in [-0.2, 0) is 4.79 Å². The van der Waals surface area contributed by atoms with Gasteiger partial charge in [-0.1, -0.05) is 6.07 Å². The van der Waals surface area contributed by atoms with E-state index in [2.05, 4.69) is 10.3 Å². The molecule has 8 nitrogen and oxygen atoms in total. The standard InChI is InChI=1S/C16H16N4O4/c1-9-17-12-10(4-3-5-11(12)24-9)13(21)20-7-6-16(8-20)14(22)19(2)15(23)18-16/h3-5H,6-8H2,1-2H3,(H,18,23)/t16-/m0/s1. The lowest BCUT2D eigenvalue weighted by molar-refractivity contribution is -0.129. The van der Waals surface area contributed by atoms with Gasteiger partial charge in [-0.2, -0.15) is 0 Å². The number of likely N-dealkylation sites (N-methyl/N-ethyl adjacent to an activating group) is 1. The van der Waals surface area contributed by atoms with Crippen LogP contribution in [0.1, 0.15) is 22.7 Å². The fraction of sp³-hybridized carbons (Fsp3) is 0.375. The zero-order chi connectivity index (χ0) is 17.1. The molecule has 0 aliphatic carbocycles. The smallest absolute Gasteiger partial charge is 0.324 e. The van der Waals surface area contributed by atoms with Crippen molar-refractivity contribution < 1.29 is 18.8 Å². The van der Waals surface area contributed by atoms with Crippen LogP contribution < -0.4 is 5.32 Å². The van der Waals surface area contributed by atoms with E-state index in [4.69, 9.17) is 4.42 Å². The number of para-hydroxylation sites is 1. The van der Waals surface area contributed by atoms with Crippen molar-refractivity contribution in [2.24, 2.45) is 0 Å². The number of likely N-dealkylation sites (tertiary alicyclic amines) is 1. The highest BCUT2D eigenvalue weighted by molar-refractivity contribution is 6.09. The summed E-state index contributed by atoms with van der Waals surface area (Å²) in [7, 11) is 1.44. The molecule has 0 bridgehead atoms. The van der Waals surface area contributed by atoms with Crippen molar-refractivity contribution in [2.75, 3.05) is 20.1 Å². The van der Waals surface area contributed by atoms with Crippen LogP contribution in [0, 0.1) is 6.92 Å². The lowest BCUT2D eigenvalue weighted by atomic mass is 9.99. The molecular weight excluding hydrogens is 312 g/mol.